The van der Waals surface area contributed by atoms with Crippen molar-refractivity contribution in [2.24, 2.45) is 40.4 Å². The topological polar surface area (TPSA) is 17.1 Å². The molecule has 4 rings (SSSR count). The Kier molecular flexibility index (Phi) is 3.93. The van der Waals surface area contributed by atoms with Gasteiger partial charge in [0.2, 0.25) is 0 Å². The van der Waals surface area contributed by atoms with Crippen LogP contribution in [0.5, 0.6) is 0 Å². The fourth-order valence-electron chi connectivity index (χ4n) is 8.16. The number of carbonyl (C=O) groups excluding carboxylic acids is 1. The van der Waals surface area contributed by atoms with Gasteiger partial charge in [-0.05, 0) is 92.8 Å². The minimum absolute atomic E-state index is 0.323. The molecule has 0 saturated heterocycles. The molecule has 0 unspecified atom stereocenters. The van der Waals surface area contributed by atoms with E-state index >= 15 is 0 Å². The summed E-state index contributed by atoms with van der Waals surface area (Å²) in [6.07, 6.45) is 15.5. The molecule has 0 amide bonds. The van der Waals surface area contributed by atoms with Crippen LogP contribution in [0.1, 0.15) is 91.4 Å². The van der Waals surface area contributed by atoms with Crippen LogP contribution in [0.3, 0.4) is 0 Å². The third-order valence-corrected chi connectivity index (χ3v) is 9.32. The summed E-state index contributed by atoms with van der Waals surface area (Å²) in [6.45, 7) is 7.01. The maximum Gasteiger partial charge on any atom is 0.133 e. The van der Waals surface area contributed by atoms with E-state index in [0.29, 0.717) is 22.5 Å². The van der Waals surface area contributed by atoms with Gasteiger partial charge in [0.25, 0.3) is 0 Å². The molecule has 0 radical (unpaired) electrons. The first-order valence-corrected chi connectivity index (χ1v) is 10.5. The van der Waals surface area contributed by atoms with Crippen molar-refractivity contribution in [1.29, 1.82) is 0 Å². The number of fused-ring (bicyclic) bond motifs is 5. The molecular weight excluding hydrogens is 280 g/mol. The van der Waals surface area contributed by atoms with Crippen LogP contribution in [0.15, 0.2) is 0 Å². The molecule has 23 heavy (non-hydrogen) atoms. The van der Waals surface area contributed by atoms with Crippen molar-refractivity contribution in [3.8, 4) is 0 Å². The number of ketones is 1. The van der Waals surface area contributed by atoms with Crippen molar-refractivity contribution in [1.82, 2.24) is 0 Å². The molecule has 1 heteroatoms. The lowest BCUT2D eigenvalue weighted by atomic mass is 9.41. The van der Waals surface area contributed by atoms with Crippen LogP contribution in [0.25, 0.3) is 0 Å². The fourth-order valence-corrected chi connectivity index (χ4v) is 8.16. The predicted octanol–water partition coefficient (Wildman–Crippen LogP) is 6.01. The minimum Gasteiger partial charge on any atom is -0.300 e. The quantitative estimate of drug-likeness (QED) is 0.578. The van der Waals surface area contributed by atoms with Gasteiger partial charge in [0.05, 0.1) is 0 Å². The van der Waals surface area contributed by atoms with E-state index in [1.165, 1.54) is 70.6 Å². The summed E-state index contributed by atoms with van der Waals surface area (Å²) in [5, 5.41) is 0. The van der Waals surface area contributed by atoms with Crippen molar-refractivity contribution in [2.75, 3.05) is 0 Å². The van der Waals surface area contributed by atoms with Crippen molar-refractivity contribution < 1.29 is 4.79 Å². The largest absolute Gasteiger partial charge is 0.300 e. The molecular formula is C22H36O. The Morgan fingerprint density at radius 3 is 2.35 bits per heavy atom. The van der Waals surface area contributed by atoms with E-state index in [2.05, 4.69) is 13.8 Å². The average molecular weight is 317 g/mol. The van der Waals surface area contributed by atoms with E-state index in [0.717, 1.165) is 23.7 Å². The highest BCUT2D eigenvalue weighted by molar-refractivity contribution is 5.79. The Morgan fingerprint density at radius 1 is 0.783 bits per heavy atom. The molecule has 0 aromatic heterocycles. The van der Waals surface area contributed by atoms with E-state index in [4.69, 9.17) is 0 Å². The molecule has 0 N–H and O–H groups in total. The lowest BCUT2D eigenvalue weighted by Gasteiger charge is -2.63. The minimum atomic E-state index is 0.323. The third-order valence-electron chi connectivity index (χ3n) is 9.32. The highest BCUT2D eigenvalue weighted by Gasteiger charge is 2.58. The molecule has 4 saturated carbocycles. The Balaban J connectivity index is 1.64. The summed E-state index contributed by atoms with van der Waals surface area (Å²) in [7, 11) is 0. The monoisotopic (exact) mass is 316 g/mol. The van der Waals surface area contributed by atoms with E-state index in [9.17, 15) is 4.79 Å². The molecule has 4 fully saturated rings. The highest BCUT2D eigenvalue weighted by atomic mass is 16.1. The van der Waals surface area contributed by atoms with Gasteiger partial charge in [-0.3, -0.25) is 4.79 Å². The van der Waals surface area contributed by atoms with Gasteiger partial charge in [-0.1, -0.05) is 33.1 Å². The van der Waals surface area contributed by atoms with Crippen LogP contribution >= 0.6 is 0 Å². The summed E-state index contributed by atoms with van der Waals surface area (Å²) in [4.78, 5) is 12.3. The molecule has 1 nitrogen and oxygen atoms in total. The Labute approximate surface area is 143 Å². The van der Waals surface area contributed by atoms with Crippen LogP contribution in [0.4, 0.5) is 0 Å². The first-order chi connectivity index (χ1) is 11.0. The second-order valence-electron chi connectivity index (χ2n) is 10.0. The Morgan fingerprint density at radius 2 is 1.57 bits per heavy atom. The van der Waals surface area contributed by atoms with Gasteiger partial charge in [-0.2, -0.15) is 0 Å². The normalized spacial score (nSPS) is 52.9. The van der Waals surface area contributed by atoms with Gasteiger partial charge in [-0.25, -0.2) is 0 Å². The molecule has 0 aromatic carbocycles. The van der Waals surface area contributed by atoms with Gasteiger partial charge in [-0.15, -0.1) is 0 Å². The van der Waals surface area contributed by atoms with E-state index in [-0.39, 0.29) is 0 Å². The van der Waals surface area contributed by atoms with Crippen molar-refractivity contribution >= 4 is 5.78 Å². The summed E-state index contributed by atoms with van der Waals surface area (Å²) in [5.41, 5.74) is 0.953. The summed E-state index contributed by atoms with van der Waals surface area (Å²) in [6, 6.07) is 0. The van der Waals surface area contributed by atoms with Gasteiger partial charge in [0.1, 0.15) is 5.78 Å². The predicted molar refractivity (Wildman–Crippen MR) is 95.1 cm³/mol. The number of rotatable bonds is 1. The van der Waals surface area contributed by atoms with Crippen molar-refractivity contribution in [3.05, 3.63) is 0 Å². The first-order valence-electron chi connectivity index (χ1n) is 10.5. The van der Waals surface area contributed by atoms with Crippen LogP contribution in [0, 0.1) is 40.4 Å². The van der Waals surface area contributed by atoms with Crippen LogP contribution < -0.4 is 0 Å². The standard InChI is InChI=1S/C22H36O/c1-15(23)18-8-6-9-19-17-11-10-16-7-4-5-13-21(16,2)20(17)12-14-22(18,19)3/h16-20H,4-14H2,1-3H3/t16-,17-,18-,19+,20-,21-,22+/m0/s1. The Bertz CT molecular complexity index is 482. The molecule has 0 aromatic rings. The van der Waals surface area contributed by atoms with E-state index < -0.39 is 0 Å². The van der Waals surface area contributed by atoms with Crippen LogP contribution in [-0.4, -0.2) is 5.78 Å². The zero-order valence-corrected chi connectivity index (χ0v) is 15.6. The maximum absolute atomic E-state index is 12.3. The number of carbonyl (C=O) groups is 1. The maximum atomic E-state index is 12.3. The molecule has 0 aliphatic heterocycles. The molecule has 4 aliphatic rings. The van der Waals surface area contributed by atoms with Crippen molar-refractivity contribution in [3.63, 3.8) is 0 Å². The van der Waals surface area contributed by atoms with Gasteiger partial charge < -0.3 is 0 Å². The Hall–Kier alpha value is -0.330. The van der Waals surface area contributed by atoms with Crippen LogP contribution in [0.2, 0.25) is 0 Å². The summed E-state index contributed by atoms with van der Waals surface area (Å²) in [5.74, 6) is 4.57. The van der Waals surface area contributed by atoms with Gasteiger partial charge >= 0.3 is 0 Å². The molecule has 0 bridgehead atoms. The zero-order valence-electron chi connectivity index (χ0n) is 15.6. The average Bonchev–Trinajstić information content (AvgIpc) is 2.52. The smallest absolute Gasteiger partial charge is 0.133 e. The van der Waals surface area contributed by atoms with Gasteiger partial charge in [0, 0.05) is 5.92 Å². The highest BCUT2D eigenvalue weighted by Crippen LogP contribution is 2.66. The van der Waals surface area contributed by atoms with Gasteiger partial charge in [0.15, 0.2) is 0 Å². The molecule has 0 spiro atoms. The van der Waals surface area contributed by atoms with E-state index in [1.807, 2.05) is 6.92 Å². The zero-order chi connectivity index (χ0) is 16.2. The molecule has 130 valence electrons. The van der Waals surface area contributed by atoms with E-state index in [1.54, 1.807) is 0 Å². The number of hydrogen-bond donors (Lipinski definition) is 0. The molecule has 0 heterocycles. The second kappa shape index (κ2) is 5.60. The second-order valence-corrected chi connectivity index (χ2v) is 10.0. The fraction of sp³-hybridized carbons (Fsp3) is 0.955. The third kappa shape index (κ3) is 2.28. The lowest BCUT2D eigenvalue weighted by Crippen LogP contribution is -2.56. The van der Waals surface area contributed by atoms with Crippen molar-refractivity contribution in [2.45, 2.75) is 91.4 Å². The molecule has 4 aliphatic carbocycles. The number of Topliss-reactive ketones (excluding diaryl/α,β-unsaturated/α-hetero) is 1. The summed E-state index contributed by atoms with van der Waals surface area (Å²) < 4.78 is 0. The lowest BCUT2D eigenvalue weighted by molar-refractivity contribution is -0.153. The van der Waals surface area contributed by atoms with Crippen LogP contribution in [-0.2, 0) is 4.79 Å². The SMILES string of the molecule is CC(=O)[C@@H]1CCC[C@@H]2[C@@H]3CC[C@@H]4CCCC[C@]4(C)[C@H]3CC[C@@]21C. The number of hydrogen-bond acceptors (Lipinski definition) is 1. The molecule has 7 atom stereocenters. The first kappa shape index (κ1) is 16.2. The summed E-state index contributed by atoms with van der Waals surface area (Å²) >= 11 is 0.